The third kappa shape index (κ3) is 7.27. The van der Waals surface area contributed by atoms with Crippen LogP contribution in [0.2, 0.25) is 0 Å². The van der Waals surface area contributed by atoms with E-state index in [1.165, 1.54) is 0 Å². The first-order valence-corrected chi connectivity index (χ1v) is 11.4. The second kappa shape index (κ2) is 11.9. The quantitative estimate of drug-likeness (QED) is 0.480. The van der Waals surface area contributed by atoms with Crippen LogP contribution in [0.15, 0.2) is 73.1 Å². The van der Waals surface area contributed by atoms with Crippen molar-refractivity contribution < 1.29 is 9.53 Å². The molecule has 2 aromatic carbocycles. The third-order valence-corrected chi connectivity index (χ3v) is 5.51. The predicted octanol–water partition coefficient (Wildman–Crippen LogP) is 4.45. The highest BCUT2D eigenvalue weighted by molar-refractivity contribution is 5.95. The maximum atomic E-state index is 12.6. The van der Waals surface area contributed by atoms with E-state index in [0.717, 1.165) is 61.8 Å². The summed E-state index contributed by atoms with van der Waals surface area (Å²) in [6.45, 7) is 5.20. The molecule has 1 amide bonds. The Labute approximate surface area is 195 Å². The van der Waals surface area contributed by atoms with Gasteiger partial charge in [0, 0.05) is 49.0 Å². The molecule has 2 heterocycles. The molecule has 0 atom stereocenters. The first-order chi connectivity index (χ1) is 16.3. The van der Waals surface area contributed by atoms with Crippen LogP contribution in [-0.2, 0) is 4.74 Å². The molecule has 6 nitrogen and oxygen atoms in total. The van der Waals surface area contributed by atoms with Gasteiger partial charge in [0.15, 0.2) is 0 Å². The van der Waals surface area contributed by atoms with E-state index >= 15 is 0 Å². The molecule has 1 aromatic heterocycles. The molecule has 3 aromatic rings. The van der Waals surface area contributed by atoms with Gasteiger partial charge in [-0.3, -0.25) is 14.7 Å². The van der Waals surface area contributed by atoms with Crippen molar-refractivity contribution in [3.8, 4) is 0 Å². The fourth-order valence-electron chi connectivity index (χ4n) is 3.72. The van der Waals surface area contributed by atoms with Gasteiger partial charge in [0.25, 0.3) is 5.91 Å². The number of hydrogen-bond acceptors (Lipinski definition) is 5. The Morgan fingerprint density at radius 2 is 1.67 bits per heavy atom. The van der Waals surface area contributed by atoms with Crippen LogP contribution < -0.4 is 10.6 Å². The summed E-state index contributed by atoms with van der Waals surface area (Å²) in [5.74, 6) is -0.0466. The van der Waals surface area contributed by atoms with Crippen LogP contribution in [0.3, 0.4) is 0 Å². The summed E-state index contributed by atoms with van der Waals surface area (Å²) in [6, 6.07) is 19.7. The number of aromatic nitrogens is 1. The Balaban J connectivity index is 1.30. The number of benzene rings is 2. The Morgan fingerprint density at radius 3 is 2.48 bits per heavy atom. The fraction of sp³-hybridized carbons (Fsp3) is 0.259. The molecule has 1 saturated heterocycles. The molecule has 1 aliphatic rings. The molecular formula is C27H30N4O2. The largest absolute Gasteiger partial charge is 0.379 e. The van der Waals surface area contributed by atoms with Gasteiger partial charge in [-0.25, -0.2) is 0 Å². The van der Waals surface area contributed by atoms with Crippen LogP contribution in [0.25, 0.3) is 12.2 Å². The Bertz CT molecular complexity index is 1060. The number of carbonyl (C=O) groups is 1. The first kappa shape index (κ1) is 22.7. The molecule has 0 unspecified atom stereocenters. The van der Waals surface area contributed by atoms with Gasteiger partial charge in [-0.15, -0.1) is 0 Å². The molecule has 0 bridgehead atoms. The molecule has 33 heavy (non-hydrogen) atoms. The number of hydrogen-bond donors (Lipinski definition) is 2. The molecule has 0 saturated carbocycles. The van der Waals surface area contributed by atoms with Crippen molar-refractivity contribution in [3.63, 3.8) is 0 Å². The van der Waals surface area contributed by atoms with Crippen LogP contribution in [0, 0.1) is 0 Å². The van der Waals surface area contributed by atoms with Crippen molar-refractivity contribution >= 4 is 29.4 Å². The fourth-order valence-corrected chi connectivity index (χ4v) is 3.72. The maximum Gasteiger partial charge on any atom is 0.251 e. The molecule has 2 N–H and O–H groups in total. The van der Waals surface area contributed by atoms with Gasteiger partial charge in [-0.05, 0) is 66.6 Å². The van der Waals surface area contributed by atoms with Crippen LogP contribution in [0.4, 0.5) is 11.4 Å². The van der Waals surface area contributed by atoms with Crippen LogP contribution in [0.1, 0.15) is 27.9 Å². The van der Waals surface area contributed by atoms with Gasteiger partial charge in [0.2, 0.25) is 0 Å². The number of amides is 1. The summed E-state index contributed by atoms with van der Waals surface area (Å²) in [7, 11) is 0. The molecule has 0 radical (unpaired) electrons. The SMILES string of the molecule is O=C(NCCCN1CCOCC1)c1cccc(Nc2cccc(/C=C/c3ccncc3)c2)c1. The predicted molar refractivity (Wildman–Crippen MR) is 134 cm³/mol. The zero-order valence-corrected chi connectivity index (χ0v) is 18.7. The zero-order valence-electron chi connectivity index (χ0n) is 18.7. The van der Waals surface area contributed by atoms with E-state index in [-0.39, 0.29) is 5.91 Å². The monoisotopic (exact) mass is 442 g/mol. The number of ether oxygens (including phenoxy) is 1. The molecule has 4 rings (SSSR count). The summed E-state index contributed by atoms with van der Waals surface area (Å²) in [4.78, 5) is 19.0. The number of nitrogens with zero attached hydrogens (tertiary/aromatic N) is 2. The van der Waals surface area contributed by atoms with E-state index < -0.39 is 0 Å². The first-order valence-electron chi connectivity index (χ1n) is 11.4. The average Bonchev–Trinajstić information content (AvgIpc) is 2.87. The zero-order chi connectivity index (χ0) is 22.7. The third-order valence-electron chi connectivity index (χ3n) is 5.51. The molecule has 0 aliphatic carbocycles. The minimum atomic E-state index is -0.0466. The highest BCUT2D eigenvalue weighted by Crippen LogP contribution is 2.20. The number of morpholine rings is 1. The van der Waals surface area contributed by atoms with E-state index in [1.54, 1.807) is 12.4 Å². The van der Waals surface area contributed by atoms with E-state index in [1.807, 2.05) is 48.5 Å². The second-order valence-electron chi connectivity index (χ2n) is 8.01. The van der Waals surface area contributed by atoms with E-state index in [9.17, 15) is 4.79 Å². The lowest BCUT2D eigenvalue weighted by Crippen LogP contribution is -2.38. The van der Waals surface area contributed by atoms with Crippen molar-refractivity contribution in [2.45, 2.75) is 6.42 Å². The van der Waals surface area contributed by atoms with Crippen molar-refractivity contribution in [2.24, 2.45) is 0 Å². The summed E-state index contributed by atoms with van der Waals surface area (Å²) in [5.41, 5.74) is 4.69. The number of rotatable bonds is 9. The van der Waals surface area contributed by atoms with Gasteiger partial charge in [0.05, 0.1) is 13.2 Å². The van der Waals surface area contributed by atoms with Crippen molar-refractivity contribution in [3.05, 3.63) is 89.7 Å². The van der Waals surface area contributed by atoms with Crippen molar-refractivity contribution in [1.29, 1.82) is 0 Å². The number of pyridine rings is 1. The Morgan fingerprint density at radius 1 is 0.939 bits per heavy atom. The van der Waals surface area contributed by atoms with E-state index in [2.05, 4.69) is 44.8 Å². The molecule has 6 heteroatoms. The van der Waals surface area contributed by atoms with Gasteiger partial charge in [-0.2, -0.15) is 0 Å². The van der Waals surface area contributed by atoms with Crippen LogP contribution >= 0.6 is 0 Å². The molecule has 170 valence electrons. The van der Waals surface area contributed by atoms with E-state index in [4.69, 9.17) is 4.74 Å². The van der Waals surface area contributed by atoms with Gasteiger partial charge in [-0.1, -0.05) is 30.4 Å². The van der Waals surface area contributed by atoms with Gasteiger partial charge >= 0.3 is 0 Å². The smallest absolute Gasteiger partial charge is 0.251 e. The summed E-state index contributed by atoms with van der Waals surface area (Å²) in [5, 5.41) is 6.44. The van der Waals surface area contributed by atoms with Gasteiger partial charge in [0.1, 0.15) is 0 Å². The minimum Gasteiger partial charge on any atom is -0.379 e. The summed E-state index contributed by atoms with van der Waals surface area (Å²) < 4.78 is 5.37. The lowest BCUT2D eigenvalue weighted by Gasteiger charge is -2.26. The highest BCUT2D eigenvalue weighted by atomic mass is 16.5. The highest BCUT2D eigenvalue weighted by Gasteiger charge is 2.10. The molecular weight excluding hydrogens is 412 g/mol. The Kier molecular flexibility index (Phi) is 8.22. The van der Waals surface area contributed by atoms with Crippen molar-refractivity contribution in [2.75, 3.05) is 44.7 Å². The lowest BCUT2D eigenvalue weighted by molar-refractivity contribution is 0.0374. The summed E-state index contributed by atoms with van der Waals surface area (Å²) >= 11 is 0. The van der Waals surface area contributed by atoms with E-state index in [0.29, 0.717) is 12.1 Å². The van der Waals surface area contributed by atoms with Crippen LogP contribution in [0.5, 0.6) is 0 Å². The topological polar surface area (TPSA) is 66.5 Å². The number of nitrogens with one attached hydrogen (secondary N) is 2. The summed E-state index contributed by atoms with van der Waals surface area (Å²) in [6.07, 6.45) is 8.63. The maximum absolute atomic E-state index is 12.6. The normalized spacial score (nSPS) is 14.3. The lowest BCUT2D eigenvalue weighted by atomic mass is 10.1. The second-order valence-corrected chi connectivity index (χ2v) is 8.01. The Hall–Kier alpha value is -3.48. The standard InChI is InChI=1S/C27H30N4O2/c32-27(29-12-3-15-31-16-18-33-19-17-31)24-5-2-7-26(21-24)30-25-6-1-4-23(20-25)9-8-22-10-13-28-14-11-22/h1-2,4-11,13-14,20-21,30H,3,12,15-19H2,(H,29,32)/b9-8+. The van der Waals surface area contributed by atoms with Crippen LogP contribution in [-0.4, -0.2) is 55.2 Å². The molecule has 1 aliphatic heterocycles. The van der Waals surface area contributed by atoms with Gasteiger partial charge < -0.3 is 15.4 Å². The molecule has 0 spiro atoms. The minimum absolute atomic E-state index is 0.0466. The van der Waals surface area contributed by atoms with Crippen molar-refractivity contribution in [1.82, 2.24) is 15.2 Å². The molecule has 1 fully saturated rings. The number of carbonyl (C=O) groups excluding carboxylic acids is 1. The average molecular weight is 443 g/mol. The number of anilines is 2.